The van der Waals surface area contributed by atoms with Crippen LogP contribution in [0, 0.1) is 0 Å². The van der Waals surface area contributed by atoms with Crippen LogP contribution in [0.3, 0.4) is 0 Å². The summed E-state index contributed by atoms with van der Waals surface area (Å²) in [6.07, 6.45) is 4.66. The molecule has 0 atom stereocenters. The van der Waals surface area contributed by atoms with Crippen LogP contribution in [0.1, 0.15) is 31.2 Å². The van der Waals surface area contributed by atoms with Crippen molar-refractivity contribution in [3.8, 4) is 0 Å². The monoisotopic (exact) mass is 219 g/mol. The smallest absolute Gasteiger partial charge is 0.0359 e. The summed E-state index contributed by atoms with van der Waals surface area (Å²) in [7, 11) is 0. The zero-order valence-corrected chi connectivity index (χ0v) is 9.65. The lowest BCUT2D eigenvalue weighted by Crippen LogP contribution is -2.37. The summed E-state index contributed by atoms with van der Waals surface area (Å²) < 4.78 is 0. The summed E-state index contributed by atoms with van der Waals surface area (Å²) in [5, 5.41) is 3.56. The lowest BCUT2D eigenvalue weighted by Gasteiger charge is -2.27. The molecule has 0 bridgehead atoms. The van der Waals surface area contributed by atoms with E-state index >= 15 is 0 Å². The van der Waals surface area contributed by atoms with Crippen molar-refractivity contribution in [2.45, 2.75) is 44.3 Å². The second-order valence-corrected chi connectivity index (χ2v) is 4.69. The first-order valence-electron chi connectivity index (χ1n) is 6.08. The van der Waals surface area contributed by atoms with Gasteiger partial charge in [-0.2, -0.15) is 0 Å². The molecule has 1 aromatic carbocycles. The Kier molecular flexibility index (Phi) is 3.80. The van der Waals surface area contributed by atoms with Gasteiger partial charge in [-0.1, -0.05) is 18.2 Å². The summed E-state index contributed by atoms with van der Waals surface area (Å²) in [5.74, 6) is 0. The van der Waals surface area contributed by atoms with Gasteiger partial charge in [-0.05, 0) is 37.3 Å². The normalized spacial score (nSPS) is 25.6. The molecular formula is C13H21N3. The number of nitrogens with two attached hydrogens (primary N) is 2. The Morgan fingerprint density at radius 3 is 2.50 bits per heavy atom. The van der Waals surface area contributed by atoms with Gasteiger partial charge in [0.1, 0.15) is 0 Å². The van der Waals surface area contributed by atoms with E-state index in [1.54, 1.807) is 0 Å². The largest absolute Gasteiger partial charge is 0.398 e. The van der Waals surface area contributed by atoms with E-state index in [1.165, 1.54) is 18.4 Å². The molecule has 2 rings (SSSR count). The maximum atomic E-state index is 5.90. The van der Waals surface area contributed by atoms with E-state index in [0.29, 0.717) is 12.1 Å². The molecule has 0 unspecified atom stereocenters. The number of hydrogen-bond acceptors (Lipinski definition) is 3. The maximum Gasteiger partial charge on any atom is 0.0359 e. The van der Waals surface area contributed by atoms with Crippen LogP contribution in [0.5, 0.6) is 0 Å². The summed E-state index contributed by atoms with van der Waals surface area (Å²) >= 11 is 0. The van der Waals surface area contributed by atoms with Crippen LogP contribution in [0.2, 0.25) is 0 Å². The number of nitrogen functional groups attached to an aromatic ring is 1. The molecule has 16 heavy (non-hydrogen) atoms. The predicted molar refractivity (Wildman–Crippen MR) is 67.9 cm³/mol. The van der Waals surface area contributed by atoms with Crippen molar-refractivity contribution in [1.29, 1.82) is 0 Å². The van der Waals surface area contributed by atoms with E-state index in [-0.39, 0.29) is 0 Å². The fraction of sp³-hybridized carbons (Fsp3) is 0.538. The Hall–Kier alpha value is -1.06. The molecule has 1 aromatic rings. The van der Waals surface area contributed by atoms with Crippen LogP contribution >= 0.6 is 0 Å². The Morgan fingerprint density at radius 1 is 1.12 bits per heavy atom. The van der Waals surface area contributed by atoms with E-state index in [2.05, 4.69) is 11.4 Å². The molecular weight excluding hydrogens is 198 g/mol. The summed E-state index contributed by atoms with van der Waals surface area (Å²) in [6, 6.07) is 9.06. The van der Waals surface area contributed by atoms with Crippen LogP contribution in [0.25, 0.3) is 0 Å². The van der Waals surface area contributed by atoms with Gasteiger partial charge in [0.25, 0.3) is 0 Å². The van der Waals surface area contributed by atoms with Crippen LogP contribution in [-0.4, -0.2) is 12.1 Å². The van der Waals surface area contributed by atoms with Gasteiger partial charge in [0.15, 0.2) is 0 Å². The minimum atomic E-state index is 0.417. The molecule has 0 aromatic heterocycles. The van der Waals surface area contributed by atoms with Gasteiger partial charge in [-0.3, -0.25) is 0 Å². The van der Waals surface area contributed by atoms with E-state index < -0.39 is 0 Å². The van der Waals surface area contributed by atoms with E-state index in [9.17, 15) is 0 Å². The lowest BCUT2D eigenvalue weighted by molar-refractivity contribution is 0.342. The number of nitrogens with one attached hydrogen (secondary N) is 1. The highest BCUT2D eigenvalue weighted by molar-refractivity contribution is 5.46. The third-order valence-corrected chi connectivity index (χ3v) is 3.41. The minimum Gasteiger partial charge on any atom is -0.398 e. The van der Waals surface area contributed by atoms with E-state index in [1.807, 2.05) is 18.2 Å². The average molecular weight is 219 g/mol. The SMILES string of the molecule is Nc1ccccc1CNC1CCC(N)CC1. The first kappa shape index (κ1) is 11.4. The van der Waals surface area contributed by atoms with Gasteiger partial charge < -0.3 is 16.8 Å². The Balaban J connectivity index is 1.81. The molecule has 0 aliphatic heterocycles. The van der Waals surface area contributed by atoms with Gasteiger partial charge in [-0.25, -0.2) is 0 Å². The Labute approximate surface area is 97.2 Å². The molecule has 0 heterocycles. The zero-order valence-electron chi connectivity index (χ0n) is 9.65. The summed E-state index contributed by atoms with van der Waals surface area (Å²) in [6.45, 7) is 0.868. The molecule has 0 amide bonds. The molecule has 0 radical (unpaired) electrons. The highest BCUT2D eigenvalue weighted by atomic mass is 14.9. The minimum absolute atomic E-state index is 0.417. The predicted octanol–water partition coefficient (Wildman–Crippen LogP) is 1.63. The third-order valence-electron chi connectivity index (χ3n) is 3.41. The van der Waals surface area contributed by atoms with E-state index in [4.69, 9.17) is 11.5 Å². The second-order valence-electron chi connectivity index (χ2n) is 4.69. The molecule has 0 saturated heterocycles. The molecule has 88 valence electrons. The molecule has 3 nitrogen and oxygen atoms in total. The lowest BCUT2D eigenvalue weighted by atomic mass is 9.92. The number of para-hydroxylation sites is 1. The molecule has 1 aliphatic rings. The first-order chi connectivity index (χ1) is 7.75. The molecule has 1 saturated carbocycles. The Morgan fingerprint density at radius 2 is 1.81 bits per heavy atom. The highest BCUT2D eigenvalue weighted by Crippen LogP contribution is 2.18. The number of benzene rings is 1. The van der Waals surface area contributed by atoms with Crippen molar-refractivity contribution in [1.82, 2.24) is 5.32 Å². The van der Waals surface area contributed by atoms with Crippen molar-refractivity contribution < 1.29 is 0 Å². The fourth-order valence-corrected chi connectivity index (χ4v) is 2.27. The van der Waals surface area contributed by atoms with Gasteiger partial charge in [0.2, 0.25) is 0 Å². The average Bonchev–Trinajstić information content (AvgIpc) is 2.30. The van der Waals surface area contributed by atoms with Crippen molar-refractivity contribution >= 4 is 5.69 Å². The van der Waals surface area contributed by atoms with Crippen molar-refractivity contribution in [3.05, 3.63) is 29.8 Å². The molecule has 1 aliphatic carbocycles. The number of hydrogen-bond donors (Lipinski definition) is 3. The number of anilines is 1. The van der Waals surface area contributed by atoms with Crippen LogP contribution in [-0.2, 0) is 6.54 Å². The van der Waals surface area contributed by atoms with Gasteiger partial charge in [0.05, 0.1) is 0 Å². The van der Waals surface area contributed by atoms with Gasteiger partial charge >= 0.3 is 0 Å². The Bertz CT molecular complexity index is 330. The second kappa shape index (κ2) is 5.32. The quantitative estimate of drug-likeness (QED) is 0.677. The van der Waals surface area contributed by atoms with Crippen LogP contribution < -0.4 is 16.8 Å². The van der Waals surface area contributed by atoms with Crippen LogP contribution in [0.15, 0.2) is 24.3 Å². The molecule has 5 N–H and O–H groups in total. The zero-order chi connectivity index (χ0) is 11.4. The van der Waals surface area contributed by atoms with E-state index in [0.717, 1.165) is 25.1 Å². The molecule has 1 fully saturated rings. The third kappa shape index (κ3) is 2.97. The van der Waals surface area contributed by atoms with Crippen molar-refractivity contribution in [2.75, 3.05) is 5.73 Å². The first-order valence-corrected chi connectivity index (χ1v) is 6.08. The van der Waals surface area contributed by atoms with Gasteiger partial charge in [-0.15, -0.1) is 0 Å². The van der Waals surface area contributed by atoms with Crippen molar-refractivity contribution in [2.24, 2.45) is 5.73 Å². The van der Waals surface area contributed by atoms with Crippen molar-refractivity contribution in [3.63, 3.8) is 0 Å². The highest BCUT2D eigenvalue weighted by Gasteiger charge is 2.17. The van der Waals surface area contributed by atoms with Gasteiger partial charge in [0, 0.05) is 24.3 Å². The summed E-state index contributed by atoms with van der Waals surface area (Å²) in [4.78, 5) is 0. The van der Waals surface area contributed by atoms with Crippen LogP contribution in [0.4, 0.5) is 5.69 Å². The standard InChI is InChI=1S/C13H21N3/c14-11-5-7-12(8-6-11)16-9-10-3-1-2-4-13(10)15/h1-4,11-12,16H,5-9,14-15H2. The summed E-state index contributed by atoms with van der Waals surface area (Å²) in [5.41, 5.74) is 13.8. The fourth-order valence-electron chi connectivity index (χ4n) is 2.27. The topological polar surface area (TPSA) is 64.1 Å². The maximum absolute atomic E-state index is 5.90. The molecule has 3 heteroatoms. The number of rotatable bonds is 3. The molecule has 0 spiro atoms.